The smallest absolute Gasteiger partial charge is 0.254 e. The molecule has 16 heavy (non-hydrogen) atoms. The van der Waals surface area contributed by atoms with Crippen molar-refractivity contribution in [3.63, 3.8) is 0 Å². The van der Waals surface area contributed by atoms with E-state index >= 15 is 0 Å². The zero-order valence-corrected chi connectivity index (χ0v) is 10.3. The average molecular weight is 228 g/mol. The summed E-state index contributed by atoms with van der Waals surface area (Å²) in [6.07, 6.45) is 0. The minimum Gasteiger partial charge on any atom is -0.369 e. The van der Waals surface area contributed by atoms with Crippen molar-refractivity contribution < 1.29 is 14.3 Å². The Hall–Kier alpha value is -1.10. The van der Waals surface area contributed by atoms with Crippen molar-refractivity contribution in [1.82, 2.24) is 4.90 Å². The monoisotopic (exact) mass is 228 g/mol. The summed E-state index contributed by atoms with van der Waals surface area (Å²) in [4.78, 5) is 24.9. The third kappa shape index (κ3) is 2.35. The van der Waals surface area contributed by atoms with Gasteiger partial charge in [-0.2, -0.15) is 0 Å². The van der Waals surface area contributed by atoms with Gasteiger partial charge in [0.05, 0.1) is 5.92 Å². The van der Waals surface area contributed by atoms with Crippen molar-refractivity contribution in [3.8, 4) is 0 Å². The lowest BCUT2D eigenvalue weighted by molar-refractivity contribution is -0.150. The number of rotatable bonds is 3. The highest BCUT2D eigenvalue weighted by Crippen LogP contribution is 2.25. The molecule has 5 nitrogen and oxygen atoms in total. The Morgan fingerprint density at radius 1 is 1.38 bits per heavy atom. The van der Waals surface area contributed by atoms with E-state index in [0.717, 1.165) is 0 Å². The maximum atomic E-state index is 12.1. The number of hydrogen-bond donors (Lipinski definition) is 1. The summed E-state index contributed by atoms with van der Waals surface area (Å²) in [5, 5.41) is 0. The largest absolute Gasteiger partial charge is 0.369 e. The first-order valence-corrected chi connectivity index (χ1v) is 5.43. The number of amides is 2. The Morgan fingerprint density at radius 3 is 2.31 bits per heavy atom. The summed E-state index contributed by atoms with van der Waals surface area (Å²) < 4.78 is 5.14. The van der Waals surface area contributed by atoms with Crippen LogP contribution >= 0.6 is 0 Å². The molecule has 0 unspecified atom stereocenters. The van der Waals surface area contributed by atoms with E-state index in [1.54, 1.807) is 18.7 Å². The van der Waals surface area contributed by atoms with Crippen molar-refractivity contribution in [1.29, 1.82) is 0 Å². The molecule has 0 bridgehead atoms. The van der Waals surface area contributed by atoms with Crippen LogP contribution in [-0.2, 0) is 14.3 Å². The molecule has 92 valence electrons. The maximum Gasteiger partial charge on any atom is 0.254 e. The number of carbonyl (C=O) groups excluding carboxylic acids is 2. The van der Waals surface area contributed by atoms with Crippen LogP contribution < -0.4 is 5.73 Å². The molecule has 0 aliphatic carbocycles. The molecule has 2 amide bonds. The summed E-state index contributed by atoms with van der Waals surface area (Å²) in [5.41, 5.74) is 4.44. The van der Waals surface area contributed by atoms with Crippen molar-refractivity contribution in [2.24, 2.45) is 17.6 Å². The third-order valence-electron chi connectivity index (χ3n) is 3.29. The van der Waals surface area contributed by atoms with Crippen LogP contribution in [0.4, 0.5) is 0 Å². The first kappa shape index (κ1) is 13.0. The molecule has 0 aromatic rings. The predicted octanol–water partition coefficient (Wildman–Crippen LogP) is -0.00880. The van der Waals surface area contributed by atoms with Gasteiger partial charge >= 0.3 is 0 Å². The van der Waals surface area contributed by atoms with E-state index in [0.29, 0.717) is 13.1 Å². The van der Waals surface area contributed by atoms with Crippen LogP contribution in [0.1, 0.15) is 20.8 Å². The van der Waals surface area contributed by atoms with E-state index < -0.39 is 5.60 Å². The normalized spacial score (nSPS) is 25.9. The van der Waals surface area contributed by atoms with Gasteiger partial charge in [0.1, 0.15) is 5.60 Å². The molecule has 1 fully saturated rings. The number of ether oxygens (including phenoxy) is 1. The molecule has 2 N–H and O–H groups in total. The molecule has 0 aromatic heterocycles. The van der Waals surface area contributed by atoms with Gasteiger partial charge in [0.25, 0.3) is 5.91 Å². The van der Waals surface area contributed by atoms with Crippen LogP contribution in [0.5, 0.6) is 0 Å². The van der Waals surface area contributed by atoms with Crippen LogP contribution in [0.2, 0.25) is 0 Å². The van der Waals surface area contributed by atoms with E-state index in [1.165, 1.54) is 7.11 Å². The SMILES string of the molecule is COC(C)(C)C(=O)N1C[C@@H](C)[C@H](C(N)=O)C1. The molecular formula is C11H20N2O3. The molecule has 0 spiro atoms. The van der Waals surface area contributed by atoms with Crippen LogP contribution in [0, 0.1) is 11.8 Å². The topological polar surface area (TPSA) is 72.6 Å². The standard InChI is InChI=1S/C11H20N2O3/c1-7-5-13(6-8(7)9(12)14)10(15)11(2,3)16-4/h7-8H,5-6H2,1-4H3,(H2,12,14)/t7-,8-/m1/s1. The van der Waals surface area contributed by atoms with Crippen molar-refractivity contribution in [3.05, 3.63) is 0 Å². The van der Waals surface area contributed by atoms with Gasteiger partial charge in [0, 0.05) is 20.2 Å². The Bertz CT molecular complexity index is 302. The van der Waals surface area contributed by atoms with Gasteiger partial charge in [0.2, 0.25) is 5.91 Å². The second-order valence-electron chi connectivity index (χ2n) is 4.91. The van der Waals surface area contributed by atoms with E-state index in [1.807, 2.05) is 6.92 Å². The maximum absolute atomic E-state index is 12.1. The molecule has 0 saturated carbocycles. The van der Waals surface area contributed by atoms with Gasteiger partial charge in [-0.25, -0.2) is 0 Å². The number of likely N-dealkylation sites (tertiary alicyclic amines) is 1. The first-order chi connectivity index (χ1) is 7.29. The number of primary amides is 1. The van der Waals surface area contributed by atoms with E-state index in [-0.39, 0.29) is 23.7 Å². The first-order valence-electron chi connectivity index (χ1n) is 5.43. The number of carbonyl (C=O) groups is 2. The van der Waals surface area contributed by atoms with Crippen LogP contribution in [0.3, 0.4) is 0 Å². The Kier molecular flexibility index (Phi) is 3.57. The Morgan fingerprint density at radius 2 is 1.94 bits per heavy atom. The number of hydrogen-bond acceptors (Lipinski definition) is 3. The summed E-state index contributed by atoms with van der Waals surface area (Å²) in [7, 11) is 1.50. The zero-order valence-electron chi connectivity index (χ0n) is 10.3. The van der Waals surface area contributed by atoms with E-state index in [9.17, 15) is 9.59 Å². The van der Waals surface area contributed by atoms with Crippen LogP contribution in [0.25, 0.3) is 0 Å². The number of nitrogens with two attached hydrogens (primary N) is 1. The molecule has 5 heteroatoms. The molecule has 2 atom stereocenters. The second-order valence-corrected chi connectivity index (χ2v) is 4.91. The molecule has 1 aliphatic heterocycles. The van der Waals surface area contributed by atoms with Gasteiger partial charge in [-0.15, -0.1) is 0 Å². The van der Waals surface area contributed by atoms with E-state index in [2.05, 4.69) is 0 Å². The molecule has 1 saturated heterocycles. The van der Waals surface area contributed by atoms with Gasteiger partial charge in [-0.1, -0.05) is 6.92 Å². The molecule has 1 heterocycles. The number of methoxy groups -OCH3 is 1. The van der Waals surface area contributed by atoms with Gasteiger partial charge in [-0.05, 0) is 19.8 Å². The molecule has 0 radical (unpaired) electrons. The van der Waals surface area contributed by atoms with Crippen molar-refractivity contribution in [2.75, 3.05) is 20.2 Å². The molecule has 0 aromatic carbocycles. The fourth-order valence-corrected chi connectivity index (χ4v) is 1.97. The van der Waals surface area contributed by atoms with Crippen LogP contribution in [0.15, 0.2) is 0 Å². The quantitative estimate of drug-likeness (QED) is 0.738. The van der Waals surface area contributed by atoms with Crippen molar-refractivity contribution >= 4 is 11.8 Å². The summed E-state index contributed by atoms with van der Waals surface area (Å²) in [6.45, 7) is 6.35. The lowest BCUT2D eigenvalue weighted by Gasteiger charge is -2.27. The predicted molar refractivity (Wildman–Crippen MR) is 59.5 cm³/mol. The summed E-state index contributed by atoms with van der Waals surface area (Å²) in [6, 6.07) is 0. The van der Waals surface area contributed by atoms with E-state index in [4.69, 9.17) is 10.5 Å². The Balaban J connectivity index is 2.72. The zero-order chi connectivity index (χ0) is 12.5. The molecular weight excluding hydrogens is 208 g/mol. The molecule has 1 rings (SSSR count). The fraction of sp³-hybridized carbons (Fsp3) is 0.818. The fourth-order valence-electron chi connectivity index (χ4n) is 1.97. The summed E-state index contributed by atoms with van der Waals surface area (Å²) >= 11 is 0. The van der Waals surface area contributed by atoms with Crippen molar-refractivity contribution in [2.45, 2.75) is 26.4 Å². The lowest BCUT2D eigenvalue weighted by Crippen LogP contribution is -2.45. The average Bonchev–Trinajstić information content (AvgIpc) is 2.59. The van der Waals surface area contributed by atoms with Crippen LogP contribution in [-0.4, -0.2) is 42.5 Å². The highest BCUT2D eigenvalue weighted by atomic mass is 16.5. The van der Waals surface area contributed by atoms with Gasteiger partial charge < -0.3 is 15.4 Å². The molecule has 1 aliphatic rings. The highest BCUT2D eigenvalue weighted by Gasteiger charge is 2.40. The van der Waals surface area contributed by atoms with Gasteiger partial charge in [-0.3, -0.25) is 9.59 Å². The highest BCUT2D eigenvalue weighted by molar-refractivity contribution is 5.86. The minimum absolute atomic E-state index is 0.0920. The summed E-state index contributed by atoms with van der Waals surface area (Å²) in [5.74, 6) is -0.547. The minimum atomic E-state index is -0.841. The third-order valence-corrected chi connectivity index (χ3v) is 3.29. The second kappa shape index (κ2) is 4.41. The lowest BCUT2D eigenvalue weighted by atomic mass is 9.98. The van der Waals surface area contributed by atoms with Gasteiger partial charge in [0.15, 0.2) is 0 Å². The Labute approximate surface area is 95.9 Å². The number of nitrogens with zero attached hydrogens (tertiary/aromatic N) is 1.